The number of nitrogens with one attached hydrogen (secondary N) is 2. The number of aryl methyl sites for hydroxylation is 1. The highest BCUT2D eigenvalue weighted by atomic mass is 16.5. The largest absolute Gasteiger partial charge is 0.490 e. The van der Waals surface area contributed by atoms with Crippen LogP contribution in [0.3, 0.4) is 0 Å². The van der Waals surface area contributed by atoms with Gasteiger partial charge in [-0.1, -0.05) is 24.3 Å². The van der Waals surface area contributed by atoms with E-state index in [4.69, 9.17) is 9.84 Å². The zero-order valence-corrected chi connectivity index (χ0v) is 15.2. The lowest BCUT2D eigenvalue weighted by Gasteiger charge is -2.27. The third-order valence-electron chi connectivity index (χ3n) is 4.00. The number of pyridine rings is 1. The van der Waals surface area contributed by atoms with Crippen molar-refractivity contribution in [1.29, 1.82) is 0 Å². The Morgan fingerprint density at radius 1 is 1.20 bits per heavy atom. The maximum absolute atomic E-state index is 8.88. The Labute approximate surface area is 150 Å². The zero-order valence-electron chi connectivity index (χ0n) is 15.2. The number of ether oxygens (including phenoxy) is 1. The number of rotatable bonds is 7. The van der Waals surface area contributed by atoms with Crippen molar-refractivity contribution in [3.63, 3.8) is 0 Å². The van der Waals surface area contributed by atoms with E-state index in [1.807, 2.05) is 26.4 Å². The minimum absolute atomic E-state index is 0.237. The van der Waals surface area contributed by atoms with Gasteiger partial charge in [-0.25, -0.2) is 0 Å². The molecule has 3 N–H and O–H groups in total. The minimum atomic E-state index is 0.237. The fourth-order valence-corrected chi connectivity index (χ4v) is 2.49. The van der Waals surface area contributed by atoms with Crippen molar-refractivity contribution in [3.05, 3.63) is 48.3 Å². The topological polar surface area (TPSA) is 66.4 Å². The molecule has 5 nitrogen and oxygen atoms in total. The second-order valence-corrected chi connectivity index (χ2v) is 6.18. The molecule has 1 aromatic heterocycles. The van der Waals surface area contributed by atoms with E-state index >= 15 is 0 Å². The van der Waals surface area contributed by atoms with Gasteiger partial charge in [-0.2, -0.15) is 0 Å². The molecule has 2 heterocycles. The number of benzene rings is 1. The van der Waals surface area contributed by atoms with E-state index in [-0.39, 0.29) is 6.61 Å². The third kappa shape index (κ3) is 6.46. The Balaban J connectivity index is 0.000000701. The predicted molar refractivity (Wildman–Crippen MR) is 102 cm³/mol. The van der Waals surface area contributed by atoms with E-state index in [1.165, 1.54) is 12.0 Å². The molecule has 1 aliphatic rings. The van der Waals surface area contributed by atoms with Crippen LogP contribution in [0.4, 0.5) is 0 Å². The highest BCUT2D eigenvalue weighted by Crippen LogP contribution is 2.23. The second-order valence-electron chi connectivity index (χ2n) is 6.18. The minimum Gasteiger partial charge on any atom is -0.490 e. The van der Waals surface area contributed by atoms with Crippen LogP contribution in [-0.2, 0) is 6.42 Å². The summed E-state index contributed by atoms with van der Waals surface area (Å²) in [6, 6.07) is 10.9. The molecule has 1 fully saturated rings. The maximum Gasteiger partial charge on any atom is 0.138 e. The second kappa shape index (κ2) is 10.8. The Bertz CT molecular complexity index is 613. The van der Waals surface area contributed by atoms with Gasteiger partial charge >= 0.3 is 0 Å². The van der Waals surface area contributed by atoms with E-state index in [1.54, 1.807) is 6.20 Å². The molecule has 2 aromatic rings. The summed E-state index contributed by atoms with van der Waals surface area (Å²) in [5, 5.41) is 14.9. The molecule has 3 rings (SSSR count). The van der Waals surface area contributed by atoms with Crippen LogP contribution in [0.5, 0.6) is 5.75 Å². The van der Waals surface area contributed by atoms with Gasteiger partial charge in [0.1, 0.15) is 12.4 Å². The van der Waals surface area contributed by atoms with E-state index in [0.29, 0.717) is 12.6 Å². The van der Waals surface area contributed by atoms with Crippen LogP contribution in [0.15, 0.2) is 42.7 Å². The van der Waals surface area contributed by atoms with Gasteiger partial charge in [-0.3, -0.25) is 4.98 Å². The smallest absolute Gasteiger partial charge is 0.138 e. The summed E-state index contributed by atoms with van der Waals surface area (Å²) in [7, 11) is 3.75. The molecule has 0 saturated carbocycles. The summed E-state index contributed by atoms with van der Waals surface area (Å²) in [6.45, 7) is 2.03. The van der Waals surface area contributed by atoms with Crippen molar-refractivity contribution in [1.82, 2.24) is 15.6 Å². The van der Waals surface area contributed by atoms with Crippen LogP contribution in [-0.4, -0.2) is 50.0 Å². The van der Waals surface area contributed by atoms with Gasteiger partial charge in [0, 0.05) is 24.4 Å². The van der Waals surface area contributed by atoms with Crippen molar-refractivity contribution in [3.8, 4) is 16.9 Å². The van der Waals surface area contributed by atoms with E-state index in [2.05, 4.69) is 39.9 Å². The van der Waals surface area contributed by atoms with E-state index in [9.17, 15) is 0 Å². The lowest BCUT2D eigenvalue weighted by molar-refractivity contribution is 0.217. The normalized spacial score (nSPS) is 15.7. The SMILES string of the molecule is CNC.OCCCc1ccc(-c2cncc(OCC3CCN3)c2)cc1. The van der Waals surface area contributed by atoms with E-state index in [0.717, 1.165) is 36.3 Å². The molecule has 1 unspecified atom stereocenters. The van der Waals surface area contributed by atoms with Gasteiger partial charge in [0.25, 0.3) is 0 Å². The number of aliphatic hydroxyl groups excluding tert-OH is 1. The first kappa shape index (κ1) is 19.4. The molecule has 1 atom stereocenters. The molecule has 25 heavy (non-hydrogen) atoms. The van der Waals surface area contributed by atoms with Crippen LogP contribution in [0, 0.1) is 0 Å². The van der Waals surface area contributed by atoms with Crippen LogP contribution in [0.2, 0.25) is 0 Å². The molecule has 0 radical (unpaired) electrons. The summed E-state index contributed by atoms with van der Waals surface area (Å²) in [5.41, 5.74) is 3.44. The van der Waals surface area contributed by atoms with Gasteiger partial charge in [0.15, 0.2) is 0 Å². The van der Waals surface area contributed by atoms with Gasteiger partial charge in [0.2, 0.25) is 0 Å². The molecule has 1 aromatic carbocycles. The van der Waals surface area contributed by atoms with Gasteiger partial charge in [-0.15, -0.1) is 0 Å². The molecule has 5 heteroatoms. The van der Waals surface area contributed by atoms with Crippen LogP contribution in [0.1, 0.15) is 18.4 Å². The monoisotopic (exact) mass is 343 g/mol. The quantitative estimate of drug-likeness (QED) is 0.720. The highest BCUT2D eigenvalue weighted by molar-refractivity contribution is 5.64. The zero-order chi connectivity index (χ0) is 17.9. The first-order chi connectivity index (χ1) is 12.3. The van der Waals surface area contributed by atoms with Crippen LogP contribution >= 0.6 is 0 Å². The average Bonchev–Trinajstić information content (AvgIpc) is 2.60. The average molecular weight is 343 g/mol. The molecule has 0 amide bonds. The van der Waals surface area contributed by atoms with Crippen molar-refractivity contribution >= 4 is 0 Å². The van der Waals surface area contributed by atoms with Crippen molar-refractivity contribution in [2.75, 3.05) is 33.9 Å². The molecular formula is C20H29N3O2. The molecular weight excluding hydrogens is 314 g/mol. The number of nitrogens with zero attached hydrogens (tertiary/aromatic N) is 1. The van der Waals surface area contributed by atoms with Gasteiger partial charge in [0.05, 0.1) is 6.20 Å². The first-order valence-electron chi connectivity index (χ1n) is 8.86. The number of aliphatic hydroxyl groups is 1. The van der Waals surface area contributed by atoms with Crippen molar-refractivity contribution < 1.29 is 9.84 Å². The summed E-state index contributed by atoms with van der Waals surface area (Å²) >= 11 is 0. The molecule has 0 aliphatic carbocycles. The Morgan fingerprint density at radius 2 is 1.92 bits per heavy atom. The van der Waals surface area contributed by atoms with Crippen molar-refractivity contribution in [2.45, 2.75) is 25.3 Å². The van der Waals surface area contributed by atoms with Crippen LogP contribution < -0.4 is 15.4 Å². The molecule has 1 saturated heterocycles. The molecule has 1 aliphatic heterocycles. The standard InChI is InChI=1S/C18H22N2O2.C2H7N/c21-9-1-2-14-3-5-15(6-4-14)16-10-18(12-19-11-16)22-13-17-7-8-20-17;1-3-2/h3-6,10-12,17,20-21H,1-2,7-9,13H2;3H,1-2H3. The fourth-order valence-electron chi connectivity index (χ4n) is 2.49. The van der Waals surface area contributed by atoms with Crippen LogP contribution in [0.25, 0.3) is 11.1 Å². The summed E-state index contributed by atoms with van der Waals surface area (Å²) < 4.78 is 5.80. The highest BCUT2D eigenvalue weighted by Gasteiger charge is 2.16. The Kier molecular flexibility index (Phi) is 8.39. The molecule has 0 spiro atoms. The summed E-state index contributed by atoms with van der Waals surface area (Å²) in [6.07, 6.45) is 6.52. The third-order valence-corrected chi connectivity index (χ3v) is 4.00. The number of hydrogen-bond acceptors (Lipinski definition) is 5. The van der Waals surface area contributed by atoms with E-state index < -0.39 is 0 Å². The number of aromatic nitrogens is 1. The number of hydrogen-bond donors (Lipinski definition) is 3. The fraction of sp³-hybridized carbons (Fsp3) is 0.450. The lowest BCUT2D eigenvalue weighted by Crippen LogP contribution is -2.46. The first-order valence-corrected chi connectivity index (χ1v) is 8.86. The summed E-state index contributed by atoms with van der Waals surface area (Å²) in [5.74, 6) is 0.815. The summed E-state index contributed by atoms with van der Waals surface area (Å²) in [4.78, 5) is 4.28. The van der Waals surface area contributed by atoms with Gasteiger partial charge < -0.3 is 20.5 Å². The van der Waals surface area contributed by atoms with Crippen molar-refractivity contribution in [2.24, 2.45) is 0 Å². The molecule has 0 bridgehead atoms. The molecule has 136 valence electrons. The lowest BCUT2D eigenvalue weighted by atomic mass is 10.0. The Morgan fingerprint density at radius 3 is 2.52 bits per heavy atom. The van der Waals surface area contributed by atoms with Gasteiger partial charge in [-0.05, 0) is 57.1 Å². The maximum atomic E-state index is 8.88. The Hall–Kier alpha value is -1.95. The predicted octanol–water partition coefficient (Wildman–Crippen LogP) is 2.25.